The second kappa shape index (κ2) is 8.31. The van der Waals surface area contributed by atoms with Crippen LogP contribution >= 0.6 is 0 Å². The van der Waals surface area contributed by atoms with Gasteiger partial charge in [-0.1, -0.05) is 70.9 Å². The molecule has 18 heavy (non-hydrogen) atoms. The Morgan fingerprint density at radius 1 is 1.00 bits per heavy atom. The molecule has 0 bridgehead atoms. The number of likely N-dealkylation sites (N-methyl/N-ethyl adjacent to an activating group) is 1. The third kappa shape index (κ3) is 4.45. The fourth-order valence-electron chi connectivity index (χ4n) is 2.70. The minimum absolute atomic E-state index is 0.590. The molecule has 102 valence electrons. The van der Waals surface area contributed by atoms with Crippen molar-refractivity contribution in [2.24, 2.45) is 5.92 Å². The average molecular weight is 247 g/mol. The van der Waals surface area contributed by atoms with E-state index in [-0.39, 0.29) is 0 Å². The lowest BCUT2D eigenvalue weighted by atomic mass is 9.85. The quantitative estimate of drug-likeness (QED) is 0.708. The fraction of sp³-hybridized carbons (Fsp3) is 0.647. The van der Waals surface area contributed by atoms with Gasteiger partial charge in [0.05, 0.1) is 0 Å². The summed E-state index contributed by atoms with van der Waals surface area (Å²) in [4.78, 5) is 0. The largest absolute Gasteiger partial charge is 0.314 e. The van der Waals surface area contributed by atoms with Gasteiger partial charge in [0.15, 0.2) is 0 Å². The average Bonchev–Trinajstić information content (AvgIpc) is 2.43. The van der Waals surface area contributed by atoms with E-state index in [1.165, 1.54) is 24.8 Å². The zero-order chi connectivity index (χ0) is 13.4. The van der Waals surface area contributed by atoms with Gasteiger partial charge in [-0.2, -0.15) is 0 Å². The van der Waals surface area contributed by atoms with Crippen molar-refractivity contribution < 1.29 is 0 Å². The van der Waals surface area contributed by atoms with E-state index in [0.717, 1.165) is 12.5 Å². The summed E-state index contributed by atoms with van der Waals surface area (Å²) in [5, 5.41) is 3.68. The maximum atomic E-state index is 3.68. The molecule has 0 spiro atoms. The highest BCUT2D eigenvalue weighted by atomic mass is 14.9. The summed E-state index contributed by atoms with van der Waals surface area (Å²) < 4.78 is 0. The van der Waals surface area contributed by atoms with Gasteiger partial charge in [-0.05, 0) is 30.4 Å². The first-order valence-electron chi connectivity index (χ1n) is 7.51. The van der Waals surface area contributed by atoms with Crippen molar-refractivity contribution in [3.8, 4) is 0 Å². The van der Waals surface area contributed by atoms with E-state index in [1.54, 1.807) is 0 Å². The Bertz CT molecular complexity index is 303. The Balaban J connectivity index is 2.71. The van der Waals surface area contributed by atoms with E-state index < -0.39 is 0 Å². The number of hydrogen-bond acceptors (Lipinski definition) is 1. The maximum Gasteiger partial charge on any atom is 0.0136 e. The van der Waals surface area contributed by atoms with Crippen molar-refractivity contribution in [2.75, 3.05) is 6.54 Å². The molecule has 2 atom stereocenters. The summed E-state index contributed by atoms with van der Waals surface area (Å²) in [5.74, 6) is 1.44. The van der Waals surface area contributed by atoms with Crippen molar-refractivity contribution >= 4 is 0 Å². The van der Waals surface area contributed by atoms with Gasteiger partial charge in [0.25, 0.3) is 0 Å². The summed E-state index contributed by atoms with van der Waals surface area (Å²) in [6.45, 7) is 10.2. The molecule has 2 unspecified atom stereocenters. The zero-order valence-corrected chi connectivity index (χ0v) is 12.4. The molecule has 0 heterocycles. The van der Waals surface area contributed by atoms with Gasteiger partial charge in [-0.3, -0.25) is 0 Å². The number of hydrogen-bond donors (Lipinski definition) is 1. The van der Waals surface area contributed by atoms with Crippen LogP contribution in [0, 0.1) is 5.92 Å². The molecule has 0 aliphatic carbocycles. The molecule has 0 amide bonds. The topological polar surface area (TPSA) is 12.0 Å². The van der Waals surface area contributed by atoms with E-state index in [4.69, 9.17) is 0 Å². The Labute approximate surface area is 113 Å². The van der Waals surface area contributed by atoms with Gasteiger partial charge >= 0.3 is 0 Å². The second-order valence-corrected chi connectivity index (χ2v) is 5.28. The van der Waals surface area contributed by atoms with E-state index >= 15 is 0 Å². The minimum Gasteiger partial charge on any atom is -0.314 e. The summed E-state index contributed by atoms with van der Waals surface area (Å²) in [6.07, 6.45) is 3.87. The summed E-state index contributed by atoms with van der Waals surface area (Å²) >= 11 is 0. The number of rotatable bonds is 8. The Hall–Kier alpha value is -0.820. The third-order valence-corrected chi connectivity index (χ3v) is 4.14. The molecular formula is C17H29N. The van der Waals surface area contributed by atoms with Crippen LogP contribution in [-0.2, 0) is 0 Å². The van der Waals surface area contributed by atoms with E-state index in [9.17, 15) is 0 Å². The second-order valence-electron chi connectivity index (χ2n) is 5.28. The lowest BCUT2D eigenvalue weighted by Crippen LogP contribution is -2.35. The molecule has 1 aromatic rings. The molecule has 1 nitrogen and oxygen atoms in total. The third-order valence-electron chi connectivity index (χ3n) is 4.14. The van der Waals surface area contributed by atoms with Gasteiger partial charge in [0, 0.05) is 6.04 Å². The SMILES string of the molecule is CCNC(CC(CC)CC)C(C)c1ccccc1. The van der Waals surface area contributed by atoms with Crippen LogP contribution in [0.4, 0.5) is 0 Å². The molecule has 0 saturated heterocycles. The lowest BCUT2D eigenvalue weighted by Gasteiger charge is -2.28. The molecule has 0 aliphatic heterocycles. The summed E-state index contributed by atoms with van der Waals surface area (Å²) in [7, 11) is 0. The van der Waals surface area contributed by atoms with E-state index in [0.29, 0.717) is 12.0 Å². The van der Waals surface area contributed by atoms with Crippen LogP contribution in [0.25, 0.3) is 0 Å². The van der Waals surface area contributed by atoms with E-state index in [2.05, 4.69) is 63.3 Å². The molecule has 0 aromatic heterocycles. The maximum absolute atomic E-state index is 3.68. The summed E-state index contributed by atoms with van der Waals surface area (Å²) in [6, 6.07) is 11.5. The number of nitrogens with one attached hydrogen (secondary N) is 1. The molecule has 1 heteroatoms. The van der Waals surface area contributed by atoms with Crippen LogP contribution in [-0.4, -0.2) is 12.6 Å². The highest BCUT2D eigenvalue weighted by molar-refractivity contribution is 5.20. The summed E-state index contributed by atoms with van der Waals surface area (Å²) in [5.41, 5.74) is 1.45. The first-order valence-corrected chi connectivity index (χ1v) is 7.51. The highest BCUT2D eigenvalue weighted by Crippen LogP contribution is 2.25. The normalized spacial score (nSPS) is 14.7. The molecule has 0 fully saturated rings. The standard InChI is InChI=1S/C17H29N/c1-5-15(6-2)13-17(18-7-3)14(4)16-11-9-8-10-12-16/h8-12,14-15,17-18H,5-7,13H2,1-4H3. The van der Waals surface area contributed by atoms with E-state index in [1.807, 2.05) is 0 Å². The predicted octanol–water partition coefficient (Wildman–Crippen LogP) is 4.59. The van der Waals surface area contributed by atoms with Crippen molar-refractivity contribution in [3.05, 3.63) is 35.9 Å². The van der Waals surface area contributed by atoms with Gasteiger partial charge in [-0.25, -0.2) is 0 Å². The van der Waals surface area contributed by atoms with Crippen molar-refractivity contribution in [2.45, 2.75) is 58.9 Å². The van der Waals surface area contributed by atoms with Crippen LogP contribution in [0.3, 0.4) is 0 Å². The molecule has 0 radical (unpaired) electrons. The first kappa shape index (κ1) is 15.2. The zero-order valence-electron chi connectivity index (χ0n) is 12.4. The van der Waals surface area contributed by atoms with Crippen LogP contribution in [0.5, 0.6) is 0 Å². The fourth-order valence-corrected chi connectivity index (χ4v) is 2.70. The molecule has 1 rings (SSSR count). The van der Waals surface area contributed by atoms with Crippen LogP contribution in [0.1, 0.15) is 58.4 Å². The first-order chi connectivity index (χ1) is 8.72. The van der Waals surface area contributed by atoms with Crippen LogP contribution < -0.4 is 5.32 Å². The monoisotopic (exact) mass is 247 g/mol. The Morgan fingerprint density at radius 3 is 2.11 bits per heavy atom. The number of benzene rings is 1. The molecule has 1 N–H and O–H groups in total. The van der Waals surface area contributed by atoms with Crippen LogP contribution in [0.15, 0.2) is 30.3 Å². The Kier molecular flexibility index (Phi) is 7.04. The Morgan fingerprint density at radius 2 is 1.61 bits per heavy atom. The molecular weight excluding hydrogens is 218 g/mol. The molecule has 0 aliphatic rings. The molecule has 1 aromatic carbocycles. The van der Waals surface area contributed by atoms with Gasteiger partial charge in [0.2, 0.25) is 0 Å². The predicted molar refractivity (Wildman–Crippen MR) is 81.0 cm³/mol. The van der Waals surface area contributed by atoms with Crippen molar-refractivity contribution in [1.29, 1.82) is 0 Å². The minimum atomic E-state index is 0.590. The van der Waals surface area contributed by atoms with Gasteiger partial charge in [0.1, 0.15) is 0 Å². The van der Waals surface area contributed by atoms with Crippen LogP contribution in [0.2, 0.25) is 0 Å². The molecule has 0 saturated carbocycles. The lowest BCUT2D eigenvalue weighted by molar-refractivity contribution is 0.339. The van der Waals surface area contributed by atoms with Gasteiger partial charge in [-0.15, -0.1) is 0 Å². The van der Waals surface area contributed by atoms with Gasteiger partial charge < -0.3 is 5.32 Å². The highest BCUT2D eigenvalue weighted by Gasteiger charge is 2.20. The van der Waals surface area contributed by atoms with Crippen molar-refractivity contribution in [3.63, 3.8) is 0 Å². The smallest absolute Gasteiger partial charge is 0.0136 e. The van der Waals surface area contributed by atoms with Crippen molar-refractivity contribution in [1.82, 2.24) is 5.32 Å².